The molecule has 0 atom stereocenters. The van der Waals surface area contributed by atoms with Gasteiger partial charge in [-0.05, 0) is 25.0 Å². The number of nitrogens with one attached hydrogen (secondary N) is 1. The summed E-state index contributed by atoms with van der Waals surface area (Å²) in [6.07, 6.45) is 1.67. The number of rotatable bonds is 4. The number of hydrogen-bond donors (Lipinski definition) is 1. The summed E-state index contributed by atoms with van der Waals surface area (Å²) in [5.41, 5.74) is 0. The third-order valence-corrected chi connectivity index (χ3v) is 2.46. The summed E-state index contributed by atoms with van der Waals surface area (Å²) < 4.78 is 7.05. The fraction of sp³-hybridized carbons (Fsp3) is 0.385. The van der Waals surface area contributed by atoms with Gasteiger partial charge in [0.15, 0.2) is 5.76 Å². The third kappa shape index (κ3) is 2.80. The quantitative estimate of drug-likeness (QED) is 0.903. The second-order valence-corrected chi connectivity index (χ2v) is 4.66. The van der Waals surface area contributed by atoms with Gasteiger partial charge in [-0.1, -0.05) is 13.8 Å². The van der Waals surface area contributed by atoms with E-state index in [1.54, 1.807) is 36.0 Å². The van der Waals surface area contributed by atoms with Gasteiger partial charge in [0.1, 0.15) is 11.6 Å². The lowest BCUT2D eigenvalue weighted by Gasteiger charge is -2.09. The van der Waals surface area contributed by atoms with Gasteiger partial charge in [0.05, 0.1) is 6.20 Å². The summed E-state index contributed by atoms with van der Waals surface area (Å²) in [6, 6.07) is 5.20. The lowest BCUT2D eigenvalue weighted by molar-refractivity contribution is 0.0994. The molecule has 5 nitrogen and oxygen atoms in total. The van der Waals surface area contributed by atoms with Gasteiger partial charge in [-0.15, -0.1) is 0 Å². The van der Waals surface area contributed by atoms with Crippen molar-refractivity contribution in [1.29, 1.82) is 0 Å². The van der Waals surface area contributed by atoms with Crippen molar-refractivity contribution in [3.63, 3.8) is 0 Å². The van der Waals surface area contributed by atoms with Gasteiger partial charge in [0, 0.05) is 12.6 Å². The van der Waals surface area contributed by atoms with Crippen molar-refractivity contribution in [2.24, 2.45) is 5.92 Å². The van der Waals surface area contributed by atoms with E-state index in [9.17, 15) is 4.79 Å². The number of hydrogen-bond acceptors (Lipinski definition) is 3. The van der Waals surface area contributed by atoms with Gasteiger partial charge in [-0.25, -0.2) is 4.68 Å². The van der Waals surface area contributed by atoms with Crippen molar-refractivity contribution in [2.45, 2.75) is 27.3 Å². The Hall–Kier alpha value is -2.04. The maximum atomic E-state index is 11.9. The molecular formula is C13H17N3O2. The Labute approximate surface area is 106 Å². The summed E-state index contributed by atoms with van der Waals surface area (Å²) in [7, 11) is 0. The molecule has 1 amide bonds. The lowest BCUT2D eigenvalue weighted by Crippen LogP contribution is -2.16. The number of aryl methyl sites for hydroxylation is 1. The van der Waals surface area contributed by atoms with Crippen molar-refractivity contribution < 1.29 is 9.21 Å². The van der Waals surface area contributed by atoms with Crippen LogP contribution in [-0.4, -0.2) is 15.7 Å². The van der Waals surface area contributed by atoms with Crippen LogP contribution >= 0.6 is 0 Å². The van der Waals surface area contributed by atoms with Crippen molar-refractivity contribution in [1.82, 2.24) is 9.78 Å². The van der Waals surface area contributed by atoms with Gasteiger partial charge in [0.2, 0.25) is 0 Å². The van der Waals surface area contributed by atoms with E-state index in [1.165, 1.54) is 0 Å². The summed E-state index contributed by atoms with van der Waals surface area (Å²) >= 11 is 0. The summed E-state index contributed by atoms with van der Waals surface area (Å²) in [5.74, 6) is 1.92. The molecule has 2 heterocycles. The molecule has 2 aromatic heterocycles. The number of carbonyl (C=O) groups excluding carboxylic acids is 1. The first kappa shape index (κ1) is 12.4. The summed E-state index contributed by atoms with van der Waals surface area (Å²) in [5, 5.41) is 6.97. The van der Waals surface area contributed by atoms with Crippen molar-refractivity contribution in [3.8, 4) is 0 Å². The topological polar surface area (TPSA) is 60.1 Å². The zero-order chi connectivity index (χ0) is 13.1. The van der Waals surface area contributed by atoms with E-state index in [-0.39, 0.29) is 5.91 Å². The van der Waals surface area contributed by atoms with E-state index in [0.29, 0.717) is 17.5 Å². The third-order valence-electron chi connectivity index (χ3n) is 2.46. The molecule has 0 saturated heterocycles. The Balaban J connectivity index is 2.10. The second kappa shape index (κ2) is 5.08. The van der Waals surface area contributed by atoms with Gasteiger partial charge < -0.3 is 9.73 Å². The van der Waals surface area contributed by atoms with Gasteiger partial charge in [-0.3, -0.25) is 4.79 Å². The van der Waals surface area contributed by atoms with E-state index in [4.69, 9.17) is 4.42 Å². The Bertz CT molecular complexity index is 540. The molecule has 0 aliphatic carbocycles. The van der Waals surface area contributed by atoms with Crippen LogP contribution in [0.25, 0.3) is 0 Å². The number of nitrogens with zero attached hydrogens (tertiary/aromatic N) is 2. The van der Waals surface area contributed by atoms with E-state index < -0.39 is 0 Å². The Morgan fingerprint density at radius 2 is 2.22 bits per heavy atom. The lowest BCUT2D eigenvalue weighted by atomic mass is 10.2. The fourth-order valence-corrected chi connectivity index (χ4v) is 1.66. The molecule has 5 heteroatoms. The highest BCUT2D eigenvalue weighted by Gasteiger charge is 2.13. The van der Waals surface area contributed by atoms with Crippen LogP contribution < -0.4 is 5.32 Å². The predicted molar refractivity (Wildman–Crippen MR) is 68.5 cm³/mol. The number of aromatic nitrogens is 2. The SMILES string of the molecule is Cc1ccc(C(=O)Nc2ccnn2CC(C)C)o1. The molecule has 18 heavy (non-hydrogen) atoms. The average Bonchev–Trinajstić information content (AvgIpc) is 2.88. The van der Waals surface area contributed by atoms with Crippen LogP contribution in [-0.2, 0) is 6.54 Å². The molecule has 2 aromatic rings. The van der Waals surface area contributed by atoms with E-state index >= 15 is 0 Å². The zero-order valence-electron chi connectivity index (χ0n) is 10.8. The zero-order valence-corrected chi connectivity index (χ0v) is 10.8. The van der Waals surface area contributed by atoms with Crippen LogP contribution in [0.1, 0.15) is 30.2 Å². The predicted octanol–water partition coefficient (Wildman–Crippen LogP) is 2.69. The molecule has 0 spiro atoms. The maximum absolute atomic E-state index is 11.9. The van der Waals surface area contributed by atoms with Crippen LogP contribution in [0.3, 0.4) is 0 Å². The van der Waals surface area contributed by atoms with Gasteiger partial charge in [-0.2, -0.15) is 5.10 Å². The number of anilines is 1. The number of furan rings is 1. The number of amides is 1. The molecule has 96 valence electrons. The highest BCUT2D eigenvalue weighted by Crippen LogP contribution is 2.12. The normalized spacial score (nSPS) is 10.9. The molecule has 0 unspecified atom stereocenters. The maximum Gasteiger partial charge on any atom is 0.292 e. The summed E-state index contributed by atoms with van der Waals surface area (Å²) in [4.78, 5) is 11.9. The van der Waals surface area contributed by atoms with Crippen LogP contribution in [0.15, 0.2) is 28.8 Å². The van der Waals surface area contributed by atoms with Crippen molar-refractivity contribution in [2.75, 3.05) is 5.32 Å². The van der Waals surface area contributed by atoms with Crippen molar-refractivity contribution in [3.05, 3.63) is 35.9 Å². The molecule has 0 aromatic carbocycles. The fourth-order valence-electron chi connectivity index (χ4n) is 1.66. The Kier molecular flexibility index (Phi) is 3.50. The summed E-state index contributed by atoms with van der Waals surface area (Å²) in [6.45, 7) is 6.77. The molecule has 0 fully saturated rings. The minimum Gasteiger partial charge on any atom is -0.456 e. The first-order valence-corrected chi connectivity index (χ1v) is 5.96. The van der Waals surface area contributed by atoms with Crippen LogP contribution in [0.5, 0.6) is 0 Å². The monoisotopic (exact) mass is 247 g/mol. The largest absolute Gasteiger partial charge is 0.456 e. The second-order valence-electron chi connectivity index (χ2n) is 4.66. The molecule has 0 bridgehead atoms. The first-order valence-electron chi connectivity index (χ1n) is 5.96. The first-order chi connectivity index (χ1) is 8.56. The highest BCUT2D eigenvalue weighted by atomic mass is 16.3. The van der Waals surface area contributed by atoms with Crippen LogP contribution in [0, 0.1) is 12.8 Å². The minimum atomic E-state index is -0.256. The molecule has 0 aliphatic rings. The van der Waals surface area contributed by atoms with Crippen molar-refractivity contribution >= 4 is 11.7 Å². The van der Waals surface area contributed by atoms with Crippen LogP contribution in [0.2, 0.25) is 0 Å². The molecule has 0 saturated carbocycles. The highest BCUT2D eigenvalue weighted by molar-refractivity contribution is 6.01. The van der Waals surface area contributed by atoms with E-state index in [0.717, 1.165) is 12.3 Å². The van der Waals surface area contributed by atoms with Gasteiger partial charge in [0.25, 0.3) is 5.91 Å². The Morgan fingerprint density at radius 1 is 1.44 bits per heavy atom. The molecule has 0 radical (unpaired) electrons. The average molecular weight is 247 g/mol. The van der Waals surface area contributed by atoms with E-state index in [2.05, 4.69) is 24.3 Å². The molecular weight excluding hydrogens is 230 g/mol. The standard InChI is InChI=1S/C13H17N3O2/c1-9(2)8-16-12(6-7-14-16)15-13(17)11-5-4-10(3)18-11/h4-7,9H,8H2,1-3H3,(H,15,17). The van der Waals surface area contributed by atoms with Crippen LogP contribution in [0.4, 0.5) is 5.82 Å². The Morgan fingerprint density at radius 3 is 2.83 bits per heavy atom. The smallest absolute Gasteiger partial charge is 0.292 e. The van der Waals surface area contributed by atoms with E-state index in [1.807, 2.05) is 0 Å². The minimum absolute atomic E-state index is 0.256. The van der Waals surface area contributed by atoms with Gasteiger partial charge >= 0.3 is 0 Å². The number of carbonyl (C=O) groups is 1. The molecule has 2 rings (SSSR count). The molecule has 0 aliphatic heterocycles. The molecule has 1 N–H and O–H groups in total.